The number of urea groups is 1. The number of amides is 2. The first-order valence-corrected chi connectivity index (χ1v) is 7.39. The number of nitrogens with zero attached hydrogens (tertiary/aromatic N) is 2. The summed E-state index contributed by atoms with van der Waals surface area (Å²) in [6.07, 6.45) is 3.26. The van der Waals surface area contributed by atoms with Crippen molar-refractivity contribution in [1.82, 2.24) is 4.90 Å². The second-order valence-electron chi connectivity index (χ2n) is 5.55. The number of anilines is 1. The molecule has 5 nitrogen and oxygen atoms in total. The molecular formula is C16H22N2O3. The Kier molecular flexibility index (Phi) is 4.83. The molecule has 21 heavy (non-hydrogen) atoms. The summed E-state index contributed by atoms with van der Waals surface area (Å²) in [5.41, 5.74) is 0.586. The van der Waals surface area contributed by atoms with Gasteiger partial charge in [0.2, 0.25) is 0 Å². The van der Waals surface area contributed by atoms with Crippen LogP contribution in [0.25, 0.3) is 0 Å². The molecule has 0 saturated heterocycles. The minimum Gasteiger partial charge on any atom is -0.478 e. The first-order chi connectivity index (χ1) is 10.0. The van der Waals surface area contributed by atoms with Crippen molar-refractivity contribution >= 4 is 17.7 Å². The van der Waals surface area contributed by atoms with Gasteiger partial charge < -0.3 is 10.0 Å². The second kappa shape index (κ2) is 6.61. The molecule has 0 heterocycles. The van der Waals surface area contributed by atoms with Gasteiger partial charge in [0.15, 0.2) is 0 Å². The van der Waals surface area contributed by atoms with Crippen LogP contribution in [0.2, 0.25) is 0 Å². The van der Waals surface area contributed by atoms with Crippen molar-refractivity contribution in [2.75, 3.05) is 25.0 Å². The van der Waals surface area contributed by atoms with E-state index in [-0.39, 0.29) is 11.6 Å². The Morgan fingerprint density at radius 3 is 2.52 bits per heavy atom. The number of carboxylic acid groups (broad SMARTS) is 1. The van der Waals surface area contributed by atoms with Gasteiger partial charge in [-0.25, -0.2) is 9.59 Å². The van der Waals surface area contributed by atoms with Crippen LogP contribution in [-0.2, 0) is 0 Å². The molecule has 1 aromatic carbocycles. The highest BCUT2D eigenvalue weighted by Gasteiger charge is 2.29. The third kappa shape index (κ3) is 3.74. The summed E-state index contributed by atoms with van der Waals surface area (Å²) in [5.74, 6) is -0.405. The van der Waals surface area contributed by atoms with Gasteiger partial charge in [-0.05, 0) is 37.3 Å². The van der Waals surface area contributed by atoms with Gasteiger partial charge in [-0.15, -0.1) is 0 Å². The van der Waals surface area contributed by atoms with E-state index in [0.717, 1.165) is 13.0 Å². The molecule has 2 amide bonds. The van der Waals surface area contributed by atoms with Crippen LogP contribution in [0.5, 0.6) is 0 Å². The highest BCUT2D eigenvalue weighted by Crippen LogP contribution is 2.30. The van der Waals surface area contributed by atoms with E-state index in [9.17, 15) is 14.7 Å². The summed E-state index contributed by atoms with van der Waals surface area (Å²) >= 11 is 0. The standard InChI is InChI=1S/C16H22N2O3/c1-3-10-18(11-12-8-9-12)16(21)17(2)14-7-5-4-6-13(14)15(19)20/h4-7,12H,3,8-11H2,1-2H3,(H,19,20). The molecule has 0 aliphatic heterocycles. The normalized spacial score (nSPS) is 13.8. The quantitative estimate of drug-likeness (QED) is 0.876. The number of rotatable bonds is 6. The van der Waals surface area contributed by atoms with E-state index in [4.69, 9.17) is 0 Å². The number of carboxylic acids is 1. The summed E-state index contributed by atoms with van der Waals surface area (Å²) in [5, 5.41) is 9.24. The first kappa shape index (κ1) is 15.4. The van der Waals surface area contributed by atoms with Gasteiger partial charge in [0.05, 0.1) is 11.3 Å². The molecule has 0 spiro atoms. The average Bonchev–Trinajstić information content (AvgIpc) is 3.29. The first-order valence-electron chi connectivity index (χ1n) is 7.39. The molecule has 0 atom stereocenters. The fourth-order valence-corrected chi connectivity index (χ4v) is 2.41. The zero-order valence-corrected chi connectivity index (χ0v) is 12.6. The topological polar surface area (TPSA) is 60.9 Å². The predicted molar refractivity (Wildman–Crippen MR) is 81.8 cm³/mol. The Hall–Kier alpha value is -2.04. The van der Waals surface area contributed by atoms with Crippen LogP contribution < -0.4 is 4.90 Å². The molecule has 1 aliphatic carbocycles. The van der Waals surface area contributed by atoms with Gasteiger partial charge in [-0.3, -0.25) is 4.90 Å². The van der Waals surface area contributed by atoms with Gasteiger partial charge in [-0.2, -0.15) is 0 Å². The van der Waals surface area contributed by atoms with Crippen LogP contribution in [0.1, 0.15) is 36.5 Å². The molecule has 1 aliphatic rings. The highest BCUT2D eigenvalue weighted by atomic mass is 16.4. The van der Waals surface area contributed by atoms with Crippen molar-refractivity contribution in [3.63, 3.8) is 0 Å². The van der Waals surface area contributed by atoms with Crippen molar-refractivity contribution in [2.24, 2.45) is 5.92 Å². The lowest BCUT2D eigenvalue weighted by Gasteiger charge is -2.28. The molecule has 0 radical (unpaired) electrons. The van der Waals surface area contributed by atoms with E-state index in [1.54, 1.807) is 25.2 Å². The van der Waals surface area contributed by atoms with Gasteiger partial charge in [0, 0.05) is 20.1 Å². The van der Waals surface area contributed by atoms with Crippen molar-refractivity contribution in [3.05, 3.63) is 29.8 Å². The van der Waals surface area contributed by atoms with E-state index in [0.29, 0.717) is 18.2 Å². The lowest BCUT2D eigenvalue weighted by Crippen LogP contribution is -2.43. The van der Waals surface area contributed by atoms with E-state index >= 15 is 0 Å². The Morgan fingerprint density at radius 2 is 1.95 bits per heavy atom. The zero-order chi connectivity index (χ0) is 15.4. The molecule has 0 aromatic heterocycles. The zero-order valence-electron chi connectivity index (χ0n) is 12.6. The summed E-state index contributed by atoms with van der Waals surface area (Å²) in [4.78, 5) is 27.2. The van der Waals surface area contributed by atoms with Crippen molar-refractivity contribution in [1.29, 1.82) is 0 Å². The van der Waals surface area contributed by atoms with Gasteiger partial charge in [0.1, 0.15) is 0 Å². The van der Waals surface area contributed by atoms with Gasteiger partial charge in [-0.1, -0.05) is 19.1 Å². The van der Waals surface area contributed by atoms with Crippen LogP contribution in [0.15, 0.2) is 24.3 Å². The second-order valence-corrected chi connectivity index (χ2v) is 5.55. The SMILES string of the molecule is CCCN(CC1CC1)C(=O)N(C)c1ccccc1C(=O)O. The lowest BCUT2D eigenvalue weighted by molar-refractivity contribution is 0.0697. The Bertz CT molecular complexity index is 526. The summed E-state index contributed by atoms with van der Waals surface area (Å²) in [6.45, 7) is 3.51. The van der Waals surface area contributed by atoms with Crippen LogP contribution >= 0.6 is 0 Å². The predicted octanol–water partition coefficient (Wildman–Crippen LogP) is 3.06. The summed E-state index contributed by atoms with van der Waals surface area (Å²) in [7, 11) is 1.64. The van der Waals surface area contributed by atoms with E-state index in [2.05, 4.69) is 0 Å². The molecular weight excluding hydrogens is 268 g/mol. The molecule has 2 rings (SSSR count). The van der Waals surface area contributed by atoms with Crippen LogP contribution in [0.4, 0.5) is 10.5 Å². The van der Waals surface area contributed by atoms with E-state index in [1.807, 2.05) is 11.8 Å². The fraction of sp³-hybridized carbons (Fsp3) is 0.500. The molecule has 1 saturated carbocycles. The van der Waals surface area contributed by atoms with Crippen molar-refractivity contribution < 1.29 is 14.7 Å². The number of aromatic carboxylic acids is 1. The third-order valence-electron chi connectivity index (χ3n) is 3.72. The summed E-state index contributed by atoms with van der Waals surface area (Å²) < 4.78 is 0. The van der Waals surface area contributed by atoms with Gasteiger partial charge >= 0.3 is 12.0 Å². The third-order valence-corrected chi connectivity index (χ3v) is 3.72. The van der Waals surface area contributed by atoms with Crippen LogP contribution in [0, 0.1) is 5.92 Å². The highest BCUT2D eigenvalue weighted by molar-refractivity contribution is 6.01. The number of carbonyl (C=O) groups is 2. The molecule has 0 unspecified atom stereocenters. The maximum atomic E-state index is 12.6. The maximum Gasteiger partial charge on any atom is 0.337 e. The van der Waals surface area contributed by atoms with Crippen LogP contribution in [-0.4, -0.2) is 42.1 Å². The van der Waals surface area contributed by atoms with Crippen molar-refractivity contribution in [3.8, 4) is 0 Å². The number of benzene rings is 1. The Labute approximate surface area is 125 Å². The van der Waals surface area contributed by atoms with Crippen molar-refractivity contribution in [2.45, 2.75) is 26.2 Å². The van der Waals surface area contributed by atoms with E-state index < -0.39 is 5.97 Å². The number of hydrogen-bond donors (Lipinski definition) is 1. The molecule has 1 N–H and O–H groups in total. The number of hydrogen-bond acceptors (Lipinski definition) is 2. The average molecular weight is 290 g/mol. The Balaban J connectivity index is 2.18. The molecule has 1 aromatic rings. The number of carbonyl (C=O) groups excluding carboxylic acids is 1. The minimum absolute atomic E-state index is 0.127. The van der Waals surface area contributed by atoms with Gasteiger partial charge in [0.25, 0.3) is 0 Å². The lowest BCUT2D eigenvalue weighted by atomic mass is 10.1. The largest absolute Gasteiger partial charge is 0.478 e. The fourth-order valence-electron chi connectivity index (χ4n) is 2.41. The smallest absolute Gasteiger partial charge is 0.337 e. The maximum absolute atomic E-state index is 12.6. The monoisotopic (exact) mass is 290 g/mol. The molecule has 114 valence electrons. The molecule has 5 heteroatoms. The Morgan fingerprint density at radius 1 is 1.29 bits per heavy atom. The molecule has 0 bridgehead atoms. The van der Waals surface area contributed by atoms with E-state index in [1.165, 1.54) is 23.8 Å². The van der Waals surface area contributed by atoms with Crippen LogP contribution in [0.3, 0.4) is 0 Å². The number of para-hydroxylation sites is 1. The summed E-state index contributed by atoms with van der Waals surface area (Å²) in [6, 6.07) is 6.47. The molecule has 1 fully saturated rings. The minimum atomic E-state index is -1.02.